The van der Waals surface area contributed by atoms with Crippen LogP contribution in [0.25, 0.3) is 0 Å². The number of carbonyl (C=O) groups excluding carboxylic acids is 1. The lowest BCUT2D eigenvalue weighted by atomic mass is 10.0. The normalized spacial score (nSPS) is 19.4. The molecule has 0 aromatic heterocycles. The Hall–Kier alpha value is -0.990. The smallest absolute Gasteiger partial charge is 0.408 e. The lowest BCUT2D eigenvalue weighted by Gasteiger charge is -2.28. The Bertz CT molecular complexity index is 243. The minimum Gasteiger partial charge on any atom is -0.444 e. The van der Waals surface area contributed by atoms with Gasteiger partial charge in [0.2, 0.25) is 0 Å². The van der Waals surface area contributed by atoms with Crippen molar-refractivity contribution in [2.45, 2.75) is 51.7 Å². The highest BCUT2D eigenvalue weighted by Gasteiger charge is 2.29. The third-order valence-electron chi connectivity index (χ3n) is 2.11. The van der Waals surface area contributed by atoms with Gasteiger partial charge in [-0.2, -0.15) is 0 Å². The molecule has 1 amide bonds. The number of carbonyl (C=O) groups is 1. The first-order valence-electron chi connectivity index (χ1n) is 4.97. The van der Waals surface area contributed by atoms with E-state index in [0.29, 0.717) is 0 Å². The number of hydrogen-bond donors (Lipinski definition) is 1. The summed E-state index contributed by atoms with van der Waals surface area (Å²) < 4.78 is 5.19. The third kappa shape index (κ3) is 3.40. The highest BCUT2D eigenvalue weighted by Crippen LogP contribution is 2.23. The van der Waals surface area contributed by atoms with Gasteiger partial charge < -0.3 is 10.1 Å². The summed E-state index contributed by atoms with van der Waals surface area (Å²) in [7, 11) is 0. The molecule has 0 aromatic carbocycles. The molecule has 0 fully saturated rings. The van der Waals surface area contributed by atoms with E-state index in [1.807, 2.05) is 27.7 Å². The first-order chi connectivity index (χ1) is 6.31. The largest absolute Gasteiger partial charge is 0.444 e. The van der Waals surface area contributed by atoms with Gasteiger partial charge in [-0.05, 0) is 40.5 Å². The summed E-state index contributed by atoms with van der Waals surface area (Å²) in [6.07, 6.45) is 5.59. The molecule has 80 valence electrons. The van der Waals surface area contributed by atoms with E-state index in [1.54, 1.807) is 0 Å². The molecule has 1 aliphatic rings. The Balaban J connectivity index is 2.41. The molecule has 1 N–H and O–H groups in total. The minimum atomic E-state index is -0.424. The SMILES string of the molecule is CC1(NC(=O)OC(C)(C)C)CC=CC1. The molecule has 0 unspecified atom stereocenters. The molecule has 0 heterocycles. The van der Waals surface area contributed by atoms with E-state index in [1.165, 1.54) is 0 Å². The molecule has 0 atom stereocenters. The number of rotatable bonds is 1. The Labute approximate surface area is 85.5 Å². The second kappa shape index (κ2) is 3.64. The average molecular weight is 197 g/mol. The van der Waals surface area contributed by atoms with Crippen molar-refractivity contribution in [3.8, 4) is 0 Å². The van der Waals surface area contributed by atoms with Crippen molar-refractivity contribution >= 4 is 6.09 Å². The Morgan fingerprint density at radius 2 is 1.86 bits per heavy atom. The zero-order valence-corrected chi connectivity index (χ0v) is 9.39. The van der Waals surface area contributed by atoms with Crippen molar-refractivity contribution in [2.24, 2.45) is 0 Å². The Kier molecular flexibility index (Phi) is 2.88. The van der Waals surface area contributed by atoms with E-state index >= 15 is 0 Å². The predicted octanol–water partition coefficient (Wildman–Crippen LogP) is 2.62. The molecule has 0 radical (unpaired) electrons. The average Bonchev–Trinajstić information content (AvgIpc) is 2.30. The maximum atomic E-state index is 11.5. The molecule has 0 saturated carbocycles. The van der Waals surface area contributed by atoms with Crippen LogP contribution in [-0.4, -0.2) is 17.2 Å². The molecule has 3 heteroatoms. The highest BCUT2D eigenvalue weighted by atomic mass is 16.6. The summed E-state index contributed by atoms with van der Waals surface area (Å²) in [6.45, 7) is 7.61. The molecule has 14 heavy (non-hydrogen) atoms. The second-order valence-corrected chi connectivity index (χ2v) is 5.07. The third-order valence-corrected chi connectivity index (χ3v) is 2.11. The maximum absolute atomic E-state index is 11.5. The van der Waals surface area contributed by atoms with Gasteiger partial charge in [-0.3, -0.25) is 0 Å². The Morgan fingerprint density at radius 3 is 2.29 bits per heavy atom. The van der Waals surface area contributed by atoms with Gasteiger partial charge in [0.15, 0.2) is 0 Å². The van der Waals surface area contributed by atoms with Gasteiger partial charge in [-0.25, -0.2) is 4.79 Å². The molecule has 0 aromatic rings. The van der Waals surface area contributed by atoms with Crippen molar-refractivity contribution in [1.29, 1.82) is 0 Å². The van der Waals surface area contributed by atoms with Crippen LogP contribution in [0.1, 0.15) is 40.5 Å². The molecule has 1 rings (SSSR count). The summed E-state index contributed by atoms with van der Waals surface area (Å²) in [6, 6.07) is 0. The van der Waals surface area contributed by atoms with E-state index in [-0.39, 0.29) is 11.6 Å². The first-order valence-corrected chi connectivity index (χ1v) is 4.97. The molecule has 0 saturated heterocycles. The minimum absolute atomic E-state index is 0.150. The summed E-state index contributed by atoms with van der Waals surface area (Å²) >= 11 is 0. The van der Waals surface area contributed by atoms with Gasteiger partial charge in [0.1, 0.15) is 5.60 Å². The van der Waals surface area contributed by atoms with Crippen LogP contribution in [0, 0.1) is 0 Å². The number of alkyl carbamates (subject to hydrolysis) is 1. The van der Waals surface area contributed by atoms with Crippen molar-refractivity contribution in [2.75, 3.05) is 0 Å². The van der Waals surface area contributed by atoms with Crippen LogP contribution in [0.4, 0.5) is 4.79 Å². The highest BCUT2D eigenvalue weighted by molar-refractivity contribution is 5.69. The topological polar surface area (TPSA) is 38.3 Å². The lowest BCUT2D eigenvalue weighted by molar-refractivity contribution is 0.0469. The molecule has 1 aliphatic carbocycles. The number of amides is 1. The zero-order chi connectivity index (χ0) is 10.8. The van der Waals surface area contributed by atoms with Gasteiger partial charge in [0.05, 0.1) is 0 Å². The van der Waals surface area contributed by atoms with Crippen molar-refractivity contribution in [1.82, 2.24) is 5.32 Å². The van der Waals surface area contributed by atoms with E-state index in [2.05, 4.69) is 17.5 Å². The quantitative estimate of drug-likeness (QED) is 0.656. The molecular weight excluding hydrogens is 178 g/mol. The van der Waals surface area contributed by atoms with E-state index < -0.39 is 5.60 Å². The van der Waals surface area contributed by atoms with Gasteiger partial charge in [-0.1, -0.05) is 12.2 Å². The van der Waals surface area contributed by atoms with Crippen molar-refractivity contribution < 1.29 is 9.53 Å². The Morgan fingerprint density at radius 1 is 1.36 bits per heavy atom. The van der Waals surface area contributed by atoms with Crippen LogP contribution in [0.5, 0.6) is 0 Å². The van der Waals surface area contributed by atoms with Gasteiger partial charge in [0, 0.05) is 5.54 Å². The fourth-order valence-electron chi connectivity index (χ4n) is 1.42. The van der Waals surface area contributed by atoms with Crippen molar-refractivity contribution in [3.63, 3.8) is 0 Å². The first kappa shape index (κ1) is 11.1. The van der Waals surface area contributed by atoms with Crippen LogP contribution < -0.4 is 5.32 Å². The number of nitrogens with one attached hydrogen (secondary N) is 1. The maximum Gasteiger partial charge on any atom is 0.408 e. The van der Waals surface area contributed by atoms with Gasteiger partial charge in [-0.15, -0.1) is 0 Å². The van der Waals surface area contributed by atoms with Crippen LogP contribution in [0.3, 0.4) is 0 Å². The van der Waals surface area contributed by atoms with Crippen molar-refractivity contribution in [3.05, 3.63) is 12.2 Å². The van der Waals surface area contributed by atoms with E-state index in [9.17, 15) is 4.79 Å². The molecular formula is C11H19NO2. The fraction of sp³-hybridized carbons (Fsp3) is 0.727. The molecule has 0 spiro atoms. The van der Waals surface area contributed by atoms with Gasteiger partial charge >= 0.3 is 6.09 Å². The summed E-state index contributed by atoms with van der Waals surface area (Å²) in [5.41, 5.74) is -0.575. The zero-order valence-electron chi connectivity index (χ0n) is 9.39. The molecule has 0 bridgehead atoms. The summed E-state index contributed by atoms with van der Waals surface area (Å²) in [4.78, 5) is 11.5. The van der Waals surface area contributed by atoms with Crippen LogP contribution in [0.15, 0.2) is 12.2 Å². The second-order valence-electron chi connectivity index (χ2n) is 5.07. The van der Waals surface area contributed by atoms with Gasteiger partial charge in [0.25, 0.3) is 0 Å². The summed E-state index contributed by atoms with van der Waals surface area (Å²) in [5.74, 6) is 0. The summed E-state index contributed by atoms with van der Waals surface area (Å²) in [5, 5.41) is 2.89. The fourth-order valence-corrected chi connectivity index (χ4v) is 1.42. The number of hydrogen-bond acceptors (Lipinski definition) is 2. The molecule has 0 aliphatic heterocycles. The van der Waals surface area contributed by atoms with E-state index in [4.69, 9.17) is 4.74 Å². The van der Waals surface area contributed by atoms with E-state index in [0.717, 1.165) is 12.8 Å². The van der Waals surface area contributed by atoms with Crippen LogP contribution in [0.2, 0.25) is 0 Å². The van der Waals surface area contributed by atoms with Crippen LogP contribution in [-0.2, 0) is 4.74 Å². The predicted molar refractivity (Wildman–Crippen MR) is 56.1 cm³/mol. The monoisotopic (exact) mass is 197 g/mol. The standard InChI is InChI=1S/C11H19NO2/c1-10(2,3)14-9(13)12-11(4)7-5-6-8-11/h5-6H,7-8H2,1-4H3,(H,12,13). The van der Waals surface area contributed by atoms with Crippen LogP contribution >= 0.6 is 0 Å². The lowest BCUT2D eigenvalue weighted by Crippen LogP contribution is -2.46. The molecule has 3 nitrogen and oxygen atoms in total. The number of ether oxygens (including phenoxy) is 1.